The lowest BCUT2D eigenvalue weighted by Crippen LogP contribution is -2.49. The second kappa shape index (κ2) is 15.0. The van der Waals surface area contributed by atoms with E-state index >= 15 is 0 Å². The lowest BCUT2D eigenvalue weighted by Gasteiger charge is -2.39. The maximum absolute atomic E-state index is 13.1. The van der Waals surface area contributed by atoms with Gasteiger partial charge in [0.05, 0.1) is 0 Å². The molecule has 1 N–H and O–H groups in total. The Morgan fingerprint density at radius 1 is 0.929 bits per heavy atom. The third-order valence-corrected chi connectivity index (χ3v) is 9.83. The molecule has 2 aromatic carbocycles. The molecule has 0 radical (unpaired) electrons. The largest absolute Gasteiger partial charge is 0.480 e. The summed E-state index contributed by atoms with van der Waals surface area (Å²) in [6, 6.07) is 20.4. The van der Waals surface area contributed by atoms with E-state index in [2.05, 4.69) is 47.1 Å². The molecular formula is C35H49N3O4. The van der Waals surface area contributed by atoms with E-state index in [0.29, 0.717) is 25.0 Å². The van der Waals surface area contributed by atoms with E-state index in [9.17, 15) is 14.7 Å². The molecular weight excluding hydrogens is 526 g/mol. The second-order valence-electron chi connectivity index (χ2n) is 12.7. The Morgan fingerprint density at radius 2 is 1.60 bits per heavy atom. The van der Waals surface area contributed by atoms with Crippen LogP contribution in [0.15, 0.2) is 60.7 Å². The summed E-state index contributed by atoms with van der Waals surface area (Å²) >= 11 is 0. The van der Waals surface area contributed by atoms with Crippen LogP contribution in [0.5, 0.6) is 0 Å². The number of nitrogens with zero attached hydrogens (tertiary/aromatic N) is 3. The predicted molar refractivity (Wildman–Crippen MR) is 165 cm³/mol. The van der Waals surface area contributed by atoms with Crippen molar-refractivity contribution in [1.29, 1.82) is 0 Å². The zero-order chi connectivity index (χ0) is 29.3. The van der Waals surface area contributed by atoms with Crippen LogP contribution in [0.4, 0.5) is 4.79 Å². The van der Waals surface area contributed by atoms with Gasteiger partial charge in [0.15, 0.2) is 0 Å². The van der Waals surface area contributed by atoms with Gasteiger partial charge in [-0.25, -0.2) is 4.79 Å². The number of rotatable bonds is 11. The van der Waals surface area contributed by atoms with Gasteiger partial charge in [0.2, 0.25) is 0 Å². The van der Waals surface area contributed by atoms with Crippen molar-refractivity contribution >= 4 is 12.1 Å². The highest BCUT2D eigenvalue weighted by Crippen LogP contribution is 2.38. The van der Waals surface area contributed by atoms with Gasteiger partial charge in [-0.15, -0.1) is 0 Å². The first kappa shape index (κ1) is 30.6. The number of ether oxygens (including phenoxy) is 1. The normalized spacial score (nSPS) is 23.5. The van der Waals surface area contributed by atoms with E-state index in [-0.39, 0.29) is 24.1 Å². The fraction of sp³-hybridized carbons (Fsp3) is 0.600. The van der Waals surface area contributed by atoms with E-state index in [4.69, 9.17) is 4.74 Å². The van der Waals surface area contributed by atoms with Crippen molar-refractivity contribution in [3.05, 3.63) is 71.8 Å². The van der Waals surface area contributed by atoms with Crippen molar-refractivity contribution in [2.24, 2.45) is 11.8 Å². The highest BCUT2D eigenvalue weighted by molar-refractivity contribution is 5.74. The van der Waals surface area contributed by atoms with Crippen LogP contribution in [0.2, 0.25) is 0 Å². The van der Waals surface area contributed by atoms with Crippen molar-refractivity contribution in [2.45, 2.75) is 82.9 Å². The molecule has 2 aliphatic heterocycles. The number of hydrogen-bond acceptors (Lipinski definition) is 5. The molecule has 7 heteroatoms. The zero-order valence-corrected chi connectivity index (χ0v) is 25.3. The molecule has 0 bridgehead atoms. The molecule has 5 rings (SSSR count). The molecule has 3 fully saturated rings. The van der Waals surface area contributed by atoms with Gasteiger partial charge >= 0.3 is 12.1 Å². The van der Waals surface area contributed by atoms with Gasteiger partial charge in [0.25, 0.3) is 0 Å². The molecule has 1 saturated carbocycles. The maximum atomic E-state index is 13.1. The maximum Gasteiger partial charge on any atom is 0.410 e. The number of piperidine rings is 1. The van der Waals surface area contributed by atoms with Crippen molar-refractivity contribution in [3.8, 4) is 0 Å². The molecule has 3 atom stereocenters. The first-order valence-electron chi connectivity index (χ1n) is 16.2. The van der Waals surface area contributed by atoms with E-state index in [0.717, 1.165) is 83.2 Å². The number of aliphatic carboxylic acids is 1. The summed E-state index contributed by atoms with van der Waals surface area (Å²) in [6.07, 6.45) is 8.16. The Hall–Kier alpha value is -2.90. The molecule has 228 valence electrons. The van der Waals surface area contributed by atoms with E-state index in [1.165, 1.54) is 12.0 Å². The van der Waals surface area contributed by atoms with Gasteiger partial charge in [0, 0.05) is 51.2 Å². The molecule has 2 aromatic rings. The van der Waals surface area contributed by atoms with Gasteiger partial charge in [-0.1, -0.05) is 86.8 Å². The summed E-state index contributed by atoms with van der Waals surface area (Å²) in [6.45, 7) is 7.63. The highest BCUT2D eigenvalue weighted by Gasteiger charge is 2.43. The minimum atomic E-state index is -0.648. The van der Waals surface area contributed by atoms with E-state index in [1.54, 1.807) is 0 Å². The molecule has 2 heterocycles. The van der Waals surface area contributed by atoms with Gasteiger partial charge in [-0.2, -0.15) is 0 Å². The first-order valence-corrected chi connectivity index (χ1v) is 16.2. The molecule has 1 aliphatic carbocycles. The Bertz CT molecular complexity index is 1120. The third kappa shape index (κ3) is 7.73. The summed E-state index contributed by atoms with van der Waals surface area (Å²) in [5.74, 6) is 0.328. The molecule has 0 spiro atoms. The Kier molecular flexibility index (Phi) is 10.9. The number of likely N-dealkylation sites (tertiary alicyclic amines) is 2. The number of benzene rings is 2. The Labute approximate surface area is 251 Å². The molecule has 2 saturated heterocycles. The summed E-state index contributed by atoms with van der Waals surface area (Å²) in [4.78, 5) is 32.5. The molecule has 3 aliphatic rings. The van der Waals surface area contributed by atoms with Gasteiger partial charge < -0.3 is 19.6 Å². The molecule has 0 aromatic heterocycles. The van der Waals surface area contributed by atoms with Crippen LogP contribution in [-0.4, -0.2) is 83.2 Å². The minimum absolute atomic E-state index is 0.192. The van der Waals surface area contributed by atoms with E-state index < -0.39 is 5.97 Å². The summed E-state index contributed by atoms with van der Waals surface area (Å²) < 4.78 is 5.72. The van der Waals surface area contributed by atoms with Gasteiger partial charge in [-0.3, -0.25) is 9.69 Å². The van der Waals surface area contributed by atoms with Crippen molar-refractivity contribution in [3.63, 3.8) is 0 Å². The lowest BCUT2D eigenvalue weighted by atomic mass is 9.83. The minimum Gasteiger partial charge on any atom is -0.480 e. The number of hydrogen-bond donors (Lipinski definition) is 1. The summed E-state index contributed by atoms with van der Waals surface area (Å²) in [7, 11) is 0. The number of carbonyl (C=O) groups is 2. The quantitative estimate of drug-likeness (QED) is 0.342. The average molecular weight is 576 g/mol. The van der Waals surface area contributed by atoms with Crippen LogP contribution in [-0.2, 0) is 16.1 Å². The number of amides is 1. The number of carboxylic acid groups (broad SMARTS) is 1. The number of carbonyl (C=O) groups excluding carboxylic acids is 1. The van der Waals surface area contributed by atoms with Gasteiger partial charge in [0.1, 0.15) is 12.6 Å². The molecule has 7 nitrogen and oxygen atoms in total. The van der Waals surface area contributed by atoms with Crippen molar-refractivity contribution < 1.29 is 19.4 Å². The number of carboxylic acids is 1. The van der Waals surface area contributed by atoms with E-state index in [1.807, 2.05) is 35.2 Å². The monoisotopic (exact) mass is 575 g/mol. The fourth-order valence-electron chi connectivity index (χ4n) is 7.71. The highest BCUT2D eigenvalue weighted by atomic mass is 16.6. The lowest BCUT2D eigenvalue weighted by molar-refractivity contribution is -0.145. The predicted octanol–water partition coefficient (Wildman–Crippen LogP) is 6.25. The standard InChI is InChI=1S/C35H49N3O4/c1-2-20-38(35(41)42-26-27-12-6-3-7-13-27)31-18-21-36(22-19-31)23-30-24-37(25-32(30)28-14-8-4-9-15-28)33(34(39)40)29-16-10-5-11-17-29/h3-4,6-9,12-15,29-33H,2,5,10-11,16-26H2,1H3,(H,39,40). The van der Waals surface area contributed by atoms with Crippen LogP contribution in [0, 0.1) is 11.8 Å². The first-order chi connectivity index (χ1) is 20.5. The third-order valence-electron chi connectivity index (χ3n) is 9.83. The SMILES string of the molecule is CCCN(C(=O)OCc1ccccc1)C1CCN(CC2CN(C(C(=O)O)C3CCCCC3)CC2c2ccccc2)CC1. The molecule has 42 heavy (non-hydrogen) atoms. The van der Waals surface area contributed by atoms with Crippen molar-refractivity contribution in [1.82, 2.24) is 14.7 Å². The second-order valence-corrected chi connectivity index (χ2v) is 12.7. The Balaban J connectivity index is 1.21. The van der Waals surface area contributed by atoms with Gasteiger partial charge in [-0.05, 0) is 55.1 Å². The molecule has 1 amide bonds. The molecule has 3 unspecified atom stereocenters. The zero-order valence-electron chi connectivity index (χ0n) is 25.3. The van der Waals surface area contributed by atoms with Crippen molar-refractivity contribution in [2.75, 3.05) is 39.3 Å². The van der Waals surface area contributed by atoms with Crippen LogP contribution < -0.4 is 0 Å². The topological polar surface area (TPSA) is 73.3 Å². The van der Waals surface area contributed by atoms with Crippen LogP contribution in [0.3, 0.4) is 0 Å². The summed E-state index contributed by atoms with van der Waals surface area (Å²) in [5.41, 5.74) is 2.33. The Morgan fingerprint density at radius 3 is 2.24 bits per heavy atom. The van der Waals surface area contributed by atoms with Crippen LogP contribution in [0.1, 0.15) is 75.3 Å². The fourth-order valence-corrected chi connectivity index (χ4v) is 7.71. The summed E-state index contributed by atoms with van der Waals surface area (Å²) in [5, 5.41) is 10.3. The van der Waals surface area contributed by atoms with Crippen LogP contribution in [0.25, 0.3) is 0 Å². The van der Waals surface area contributed by atoms with Crippen LogP contribution >= 0.6 is 0 Å². The smallest absolute Gasteiger partial charge is 0.410 e. The average Bonchev–Trinajstić information content (AvgIpc) is 3.43.